The van der Waals surface area contributed by atoms with Crippen LogP contribution in [0.3, 0.4) is 0 Å². The fraction of sp³-hybridized carbons (Fsp3) is 0.778. The molecular formula is C9H11BrO5. The van der Waals surface area contributed by atoms with Crippen molar-refractivity contribution in [2.75, 3.05) is 0 Å². The smallest absolute Gasteiger partial charge is 0.338 e. The van der Waals surface area contributed by atoms with Gasteiger partial charge in [-0.25, -0.2) is 4.79 Å². The van der Waals surface area contributed by atoms with E-state index >= 15 is 0 Å². The van der Waals surface area contributed by atoms with Gasteiger partial charge in [0.2, 0.25) is 0 Å². The number of hydrogen-bond donors (Lipinski definition) is 1. The summed E-state index contributed by atoms with van der Waals surface area (Å²) in [5.41, 5.74) is -1.41. The fourth-order valence-electron chi connectivity index (χ4n) is 2.07. The Balaban J connectivity index is 2.17. The molecule has 0 amide bonds. The van der Waals surface area contributed by atoms with E-state index in [4.69, 9.17) is 9.47 Å². The maximum Gasteiger partial charge on any atom is 0.338 e. The van der Waals surface area contributed by atoms with Crippen LogP contribution in [0.2, 0.25) is 0 Å². The second-order valence-corrected chi connectivity index (χ2v) is 5.15. The molecule has 15 heavy (non-hydrogen) atoms. The molecule has 2 aliphatic rings. The van der Waals surface area contributed by atoms with Gasteiger partial charge in [-0.05, 0) is 0 Å². The summed E-state index contributed by atoms with van der Waals surface area (Å²) in [7, 11) is 0. The van der Waals surface area contributed by atoms with Crippen molar-refractivity contribution in [1.29, 1.82) is 0 Å². The number of rotatable bonds is 1. The second-order valence-electron chi connectivity index (χ2n) is 3.97. The van der Waals surface area contributed by atoms with Crippen molar-refractivity contribution in [3.63, 3.8) is 0 Å². The number of fused-ring (bicyclic) bond motifs is 2. The molecule has 1 heterocycles. The van der Waals surface area contributed by atoms with E-state index in [-0.39, 0.29) is 17.7 Å². The first-order chi connectivity index (χ1) is 6.92. The lowest BCUT2D eigenvalue weighted by Crippen LogP contribution is -2.47. The van der Waals surface area contributed by atoms with Crippen LogP contribution in [0.1, 0.15) is 19.8 Å². The van der Waals surface area contributed by atoms with E-state index in [2.05, 4.69) is 15.9 Å². The fourth-order valence-corrected chi connectivity index (χ4v) is 3.05. The lowest BCUT2D eigenvalue weighted by Gasteiger charge is -2.32. The third kappa shape index (κ3) is 1.76. The van der Waals surface area contributed by atoms with Crippen molar-refractivity contribution < 1.29 is 24.2 Å². The summed E-state index contributed by atoms with van der Waals surface area (Å²) in [5, 5.41) is 9.87. The molecule has 2 fully saturated rings. The van der Waals surface area contributed by atoms with Gasteiger partial charge >= 0.3 is 11.9 Å². The van der Waals surface area contributed by atoms with E-state index in [1.54, 1.807) is 0 Å². The van der Waals surface area contributed by atoms with Crippen LogP contribution in [-0.4, -0.2) is 39.7 Å². The highest BCUT2D eigenvalue weighted by Gasteiger charge is 2.58. The van der Waals surface area contributed by atoms with Gasteiger partial charge < -0.3 is 14.6 Å². The lowest BCUT2D eigenvalue weighted by molar-refractivity contribution is -0.159. The predicted octanol–water partition coefficient (Wildman–Crippen LogP) is 0.132. The van der Waals surface area contributed by atoms with Crippen molar-refractivity contribution in [3.05, 3.63) is 0 Å². The molecule has 0 aromatic rings. The molecule has 84 valence electrons. The van der Waals surface area contributed by atoms with E-state index in [1.165, 1.54) is 6.92 Å². The number of ether oxygens (including phenoxy) is 2. The third-order valence-corrected chi connectivity index (χ3v) is 3.58. The molecule has 0 aromatic heterocycles. The average molecular weight is 279 g/mol. The summed E-state index contributed by atoms with van der Waals surface area (Å²) < 4.78 is 10.0. The van der Waals surface area contributed by atoms with Gasteiger partial charge in [0, 0.05) is 19.8 Å². The minimum atomic E-state index is -1.41. The highest BCUT2D eigenvalue weighted by molar-refractivity contribution is 9.09. The number of esters is 2. The van der Waals surface area contributed by atoms with E-state index < -0.39 is 29.7 Å². The molecular weight excluding hydrogens is 268 g/mol. The first kappa shape index (κ1) is 10.9. The molecule has 5 nitrogen and oxygen atoms in total. The van der Waals surface area contributed by atoms with E-state index in [9.17, 15) is 14.7 Å². The van der Waals surface area contributed by atoms with Crippen LogP contribution < -0.4 is 0 Å². The molecule has 1 aliphatic heterocycles. The quantitative estimate of drug-likeness (QED) is 0.545. The predicted molar refractivity (Wildman–Crippen MR) is 52.3 cm³/mol. The van der Waals surface area contributed by atoms with Crippen LogP contribution in [-0.2, 0) is 19.1 Å². The molecule has 1 aliphatic carbocycles. The van der Waals surface area contributed by atoms with Crippen molar-refractivity contribution in [2.45, 2.75) is 42.4 Å². The monoisotopic (exact) mass is 278 g/mol. The second kappa shape index (κ2) is 3.45. The summed E-state index contributed by atoms with van der Waals surface area (Å²) in [5.74, 6) is -1.04. The minimum absolute atomic E-state index is 0.200. The van der Waals surface area contributed by atoms with Crippen molar-refractivity contribution in [2.24, 2.45) is 0 Å². The number of hydrogen-bond acceptors (Lipinski definition) is 5. The summed E-state index contributed by atoms with van der Waals surface area (Å²) in [6.45, 7) is 1.30. The molecule has 2 bridgehead atoms. The van der Waals surface area contributed by atoms with Gasteiger partial charge in [0.15, 0.2) is 11.7 Å². The molecule has 1 saturated heterocycles. The van der Waals surface area contributed by atoms with Crippen LogP contribution in [0.4, 0.5) is 0 Å². The normalized spacial score (nSPS) is 43.7. The molecule has 0 radical (unpaired) electrons. The van der Waals surface area contributed by atoms with Gasteiger partial charge in [-0.3, -0.25) is 4.79 Å². The van der Waals surface area contributed by atoms with Crippen LogP contribution in [0.25, 0.3) is 0 Å². The maximum atomic E-state index is 11.3. The van der Waals surface area contributed by atoms with Gasteiger partial charge in [0.25, 0.3) is 0 Å². The van der Waals surface area contributed by atoms with Crippen molar-refractivity contribution in [3.8, 4) is 0 Å². The summed E-state index contributed by atoms with van der Waals surface area (Å²) in [4.78, 5) is 21.9. The summed E-state index contributed by atoms with van der Waals surface area (Å²) in [6, 6.07) is 0. The average Bonchev–Trinajstić information content (AvgIpc) is 2.33. The van der Waals surface area contributed by atoms with Crippen LogP contribution in [0.5, 0.6) is 0 Å². The molecule has 4 atom stereocenters. The van der Waals surface area contributed by atoms with Crippen LogP contribution >= 0.6 is 15.9 Å². The van der Waals surface area contributed by atoms with Gasteiger partial charge in [-0.2, -0.15) is 0 Å². The highest BCUT2D eigenvalue weighted by atomic mass is 79.9. The molecule has 0 unspecified atom stereocenters. The van der Waals surface area contributed by atoms with Gasteiger partial charge in [-0.15, -0.1) is 0 Å². The Morgan fingerprint density at radius 2 is 2.33 bits per heavy atom. The Morgan fingerprint density at radius 1 is 1.67 bits per heavy atom. The number of aliphatic hydroxyl groups is 1. The summed E-state index contributed by atoms with van der Waals surface area (Å²) >= 11 is 3.30. The molecule has 1 saturated carbocycles. The van der Waals surface area contributed by atoms with Crippen molar-refractivity contribution >= 4 is 27.9 Å². The Hall–Kier alpha value is -0.620. The van der Waals surface area contributed by atoms with E-state index in [1.807, 2.05) is 0 Å². The van der Waals surface area contributed by atoms with Gasteiger partial charge in [0.1, 0.15) is 6.10 Å². The minimum Gasteiger partial charge on any atom is -0.457 e. The highest BCUT2D eigenvalue weighted by Crippen LogP contribution is 2.42. The maximum absolute atomic E-state index is 11.3. The number of halogens is 1. The largest absolute Gasteiger partial charge is 0.457 e. The van der Waals surface area contributed by atoms with E-state index in [0.29, 0.717) is 0 Å². The van der Waals surface area contributed by atoms with Crippen LogP contribution in [0.15, 0.2) is 0 Å². The zero-order valence-electron chi connectivity index (χ0n) is 8.10. The van der Waals surface area contributed by atoms with Crippen LogP contribution in [0, 0.1) is 0 Å². The zero-order valence-corrected chi connectivity index (χ0v) is 9.69. The Bertz CT molecular complexity index is 318. The van der Waals surface area contributed by atoms with Crippen molar-refractivity contribution in [1.82, 2.24) is 0 Å². The molecule has 0 spiro atoms. The van der Waals surface area contributed by atoms with Gasteiger partial charge in [-0.1, -0.05) is 15.9 Å². The zero-order chi connectivity index (χ0) is 11.2. The molecule has 0 aromatic carbocycles. The molecule has 2 rings (SSSR count). The first-order valence-electron chi connectivity index (χ1n) is 4.67. The SMILES string of the molecule is CC(=O)O[C@@H]1[C@@H](Br)C[C@]2(O)C[C@H]1OC2=O. The summed E-state index contributed by atoms with van der Waals surface area (Å²) in [6.07, 6.45) is -0.634. The lowest BCUT2D eigenvalue weighted by atomic mass is 9.84. The third-order valence-electron chi connectivity index (χ3n) is 2.73. The molecule has 1 N–H and O–H groups in total. The topological polar surface area (TPSA) is 72.8 Å². The standard InChI is InChI=1S/C9H11BrO5/c1-4(11)14-7-5(10)2-9(13)3-6(7)15-8(9)12/h5-7,13H,2-3H2,1H3/t5-,6+,7+,9-/m0/s1. The Kier molecular flexibility index (Phi) is 2.50. The Labute approximate surface area is 94.9 Å². The number of carbonyl (C=O) groups excluding carboxylic acids is 2. The number of carbonyl (C=O) groups is 2. The first-order valence-corrected chi connectivity index (χ1v) is 5.59. The Morgan fingerprint density at radius 3 is 2.93 bits per heavy atom. The van der Waals surface area contributed by atoms with E-state index in [0.717, 1.165) is 0 Å². The molecule has 6 heteroatoms. The number of alkyl halides is 1. The van der Waals surface area contributed by atoms with Gasteiger partial charge in [0.05, 0.1) is 4.83 Å².